The predicted octanol–water partition coefficient (Wildman–Crippen LogP) is 2.25. The number of hydrogen-bond donors (Lipinski definition) is 3. The van der Waals surface area contributed by atoms with Crippen molar-refractivity contribution in [1.29, 1.82) is 0 Å². The SMILES string of the molecule is CCc1ccc([C@H]([NH2+]CC(=O)Nc2ccc(C(N)=O)cc2)C(C)C)cc1. The highest BCUT2D eigenvalue weighted by molar-refractivity contribution is 5.95. The van der Waals surface area contributed by atoms with Crippen molar-refractivity contribution in [2.45, 2.75) is 33.2 Å². The van der Waals surface area contributed by atoms with E-state index in [9.17, 15) is 9.59 Å². The summed E-state index contributed by atoms with van der Waals surface area (Å²) in [4.78, 5) is 23.3. The second-order valence-electron chi connectivity index (χ2n) is 6.79. The van der Waals surface area contributed by atoms with E-state index in [1.165, 1.54) is 11.1 Å². The lowest BCUT2D eigenvalue weighted by Crippen LogP contribution is -2.88. The van der Waals surface area contributed by atoms with Gasteiger partial charge in [0, 0.05) is 22.7 Å². The van der Waals surface area contributed by atoms with Crippen molar-refractivity contribution in [3.8, 4) is 0 Å². The van der Waals surface area contributed by atoms with E-state index in [0.717, 1.165) is 6.42 Å². The van der Waals surface area contributed by atoms with Gasteiger partial charge in [-0.15, -0.1) is 0 Å². The lowest BCUT2D eigenvalue weighted by molar-refractivity contribution is -0.692. The molecule has 0 heterocycles. The lowest BCUT2D eigenvalue weighted by Gasteiger charge is -2.20. The molecule has 1 atom stereocenters. The fourth-order valence-electron chi connectivity index (χ4n) is 2.93. The van der Waals surface area contributed by atoms with Gasteiger partial charge in [0.05, 0.1) is 0 Å². The summed E-state index contributed by atoms with van der Waals surface area (Å²) in [5, 5.41) is 4.92. The van der Waals surface area contributed by atoms with Gasteiger partial charge in [0.1, 0.15) is 6.04 Å². The first-order valence-electron chi connectivity index (χ1n) is 9.02. The van der Waals surface area contributed by atoms with Gasteiger partial charge in [-0.25, -0.2) is 0 Å². The number of carbonyl (C=O) groups is 2. The van der Waals surface area contributed by atoms with Crippen LogP contribution in [0.3, 0.4) is 0 Å². The number of benzene rings is 2. The predicted molar refractivity (Wildman–Crippen MR) is 104 cm³/mol. The molecule has 0 spiro atoms. The van der Waals surface area contributed by atoms with Crippen LogP contribution in [0, 0.1) is 5.92 Å². The van der Waals surface area contributed by atoms with Crippen LogP contribution in [0.2, 0.25) is 0 Å². The van der Waals surface area contributed by atoms with Crippen molar-refractivity contribution in [3.05, 3.63) is 65.2 Å². The van der Waals surface area contributed by atoms with Crippen LogP contribution >= 0.6 is 0 Å². The molecule has 26 heavy (non-hydrogen) atoms. The second kappa shape index (κ2) is 9.15. The number of amides is 2. The van der Waals surface area contributed by atoms with Crippen LogP contribution in [0.5, 0.6) is 0 Å². The molecule has 2 amide bonds. The highest BCUT2D eigenvalue weighted by Gasteiger charge is 2.20. The van der Waals surface area contributed by atoms with Gasteiger partial charge in [-0.05, 0) is 36.2 Å². The van der Waals surface area contributed by atoms with E-state index >= 15 is 0 Å². The first-order chi connectivity index (χ1) is 12.4. The first kappa shape index (κ1) is 19.7. The van der Waals surface area contributed by atoms with Crippen LogP contribution in [0.15, 0.2) is 48.5 Å². The van der Waals surface area contributed by atoms with Crippen LogP contribution in [0.1, 0.15) is 48.3 Å². The third kappa shape index (κ3) is 5.43. The number of hydrogen-bond acceptors (Lipinski definition) is 2. The molecule has 5 nitrogen and oxygen atoms in total. The summed E-state index contributed by atoms with van der Waals surface area (Å²) < 4.78 is 0. The number of carbonyl (C=O) groups excluding carboxylic acids is 2. The lowest BCUT2D eigenvalue weighted by atomic mass is 9.95. The Bertz CT molecular complexity index is 737. The first-order valence-corrected chi connectivity index (χ1v) is 9.02. The van der Waals surface area contributed by atoms with E-state index in [1.54, 1.807) is 24.3 Å². The Morgan fingerprint density at radius 3 is 2.15 bits per heavy atom. The molecule has 0 fully saturated rings. The van der Waals surface area contributed by atoms with Gasteiger partial charge in [-0.3, -0.25) is 9.59 Å². The van der Waals surface area contributed by atoms with Crippen LogP contribution in [-0.4, -0.2) is 18.4 Å². The molecule has 0 saturated carbocycles. The van der Waals surface area contributed by atoms with Crippen molar-refractivity contribution < 1.29 is 14.9 Å². The Hall–Kier alpha value is -2.66. The molecule has 5 heteroatoms. The Labute approximate surface area is 155 Å². The Morgan fingerprint density at radius 1 is 1.04 bits per heavy atom. The third-order valence-corrected chi connectivity index (χ3v) is 4.50. The number of nitrogens with two attached hydrogens (primary N) is 2. The third-order valence-electron chi connectivity index (χ3n) is 4.50. The van der Waals surface area contributed by atoms with E-state index in [-0.39, 0.29) is 11.9 Å². The average Bonchev–Trinajstić information content (AvgIpc) is 2.62. The summed E-state index contributed by atoms with van der Waals surface area (Å²) in [6.45, 7) is 6.79. The topological polar surface area (TPSA) is 88.8 Å². The summed E-state index contributed by atoms with van der Waals surface area (Å²) in [7, 11) is 0. The number of aryl methyl sites for hydroxylation is 1. The minimum Gasteiger partial charge on any atom is -0.366 e. The van der Waals surface area contributed by atoms with Crippen molar-refractivity contribution in [2.24, 2.45) is 11.7 Å². The molecule has 0 aromatic heterocycles. The maximum absolute atomic E-state index is 12.3. The Balaban J connectivity index is 1.95. The zero-order chi connectivity index (χ0) is 19.1. The number of nitrogens with one attached hydrogen (secondary N) is 1. The Morgan fingerprint density at radius 2 is 1.65 bits per heavy atom. The van der Waals surface area contributed by atoms with Crippen LogP contribution < -0.4 is 16.4 Å². The number of anilines is 1. The van der Waals surface area contributed by atoms with Gasteiger partial charge in [0.25, 0.3) is 5.91 Å². The zero-order valence-electron chi connectivity index (χ0n) is 15.7. The summed E-state index contributed by atoms with van der Waals surface area (Å²) in [5.74, 6) is -0.150. The highest BCUT2D eigenvalue weighted by Crippen LogP contribution is 2.18. The summed E-state index contributed by atoms with van der Waals surface area (Å²) in [5.41, 5.74) is 8.84. The molecule has 2 rings (SSSR count). The minimum atomic E-state index is -0.481. The van der Waals surface area contributed by atoms with Gasteiger partial charge >= 0.3 is 0 Å². The van der Waals surface area contributed by atoms with Gasteiger partial charge in [-0.2, -0.15) is 0 Å². The van der Waals surface area contributed by atoms with Gasteiger partial charge in [0.15, 0.2) is 6.54 Å². The fourth-order valence-corrected chi connectivity index (χ4v) is 2.93. The van der Waals surface area contributed by atoms with E-state index in [1.807, 2.05) is 0 Å². The maximum Gasteiger partial charge on any atom is 0.279 e. The molecular weight excluding hydrogens is 326 g/mol. The van der Waals surface area contributed by atoms with Gasteiger partial charge in [0.2, 0.25) is 5.91 Å². The van der Waals surface area contributed by atoms with Gasteiger partial charge < -0.3 is 16.4 Å². The standard InChI is InChI=1S/C21H27N3O2/c1-4-15-5-7-16(8-6-15)20(14(2)3)23-13-19(25)24-18-11-9-17(10-12-18)21(22)26/h5-12,14,20,23H,4,13H2,1-3H3,(H2,22,26)(H,24,25)/p+1/t20-/m1/s1. The zero-order valence-corrected chi connectivity index (χ0v) is 15.7. The van der Waals surface area contributed by atoms with Crippen molar-refractivity contribution in [2.75, 3.05) is 11.9 Å². The second-order valence-corrected chi connectivity index (χ2v) is 6.79. The molecule has 5 N–H and O–H groups in total. The Kier molecular flexibility index (Phi) is 6.92. The molecular formula is C21H28N3O2+. The van der Waals surface area contributed by atoms with E-state index < -0.39 is 5.91 Å². The van der Waals surface area contributed by atoms with Crippen molar-refractivity contribution in [1.82, 2.24) is 0 Å². The summed E-state index contributed by atoms with van der Waals surface area (Å²) in [6, 6.07) is 15.4. The fraction of sp³-hybridized carbons (Fsp3) is 0.333. The number of rotatable bonds is 8. The molecule has 0 aliphatic carbocycles. The van der Waals surface area contributed by atoms with E-state index in [4.69, 9.17) is 5.73 Å². The van der Waals surface area contributed by atoms with Crippen LogP contribution in [-0.2, 0) is 11.2 Å². The van der Waals surface area contributed by atoms with E-state index in [0.29, 0.717) is 23.7 Å². The molecule has 138 valence electrons. The number of primary amides is 1. The van der Waals surface area contributed by atoms with Gasteiger partial charge in [-0.1, -0.05) is 45.0 Å². The van der Waals surface area contributed by atoms with Crippen molar-refractivity contribution >= 4 is 17.5 Å². The maximum atomic E-state index is 12.3. The normalized spacial score (nSPS) is 12.0. The molecule has 0 bridgehead atoms. The quantitative estimate of drug-likeness (QED) is 0.679. The molecule has 0 radical (unpaired) electrons. The average molecular weight is 354 g/mol. The number of quaternary nitrogens is 1. The highest BCUT2D eigenvalue weighted by atomic mass is 16.2. The monoisotopic (exact) mass is 354 g/mol. The molecule has 2 aromatic carbocycles. The van der Waals surface area contributed by atoms with Crippen molar-refractivity contribution in [3.63, 3.8) is 0 Å². The smallest absolute Gasteiger partial charge is 0.279 e. The summed E-state index contributed by atoms with van der Waals surface area (Å²) in [6.07, 6.45) is 1.02. The van der Waals surface area contributed by atoms with E-state index in [2.05, 4.69) is 55.7 Å². The molecule has 2 aromatic rings. The molecule has 0 saturated heterocycles. The molecule has 0 aliphatic heterocycles. The largest absolute Gasteiger partial charge is 0.366 e. The van der Waals surface area contributed by atoms with Crippen LogP contribution in [0.4, 0.5) is 5.69 Å². The summed E-state index contributed by atoms with van der Waals surface area (Å²) >= 11 is 0. The molecule has 0 aliphatic rings. The van der Waals surface area contributed by atoms with Crippen LogP contribution in [0.25, 0.3) is 0 Å². The molecule has 0 unspecified atom stereocenters. The minimum absolute atomic E-state index is 0.0762.